The number of carbonyl (C=O) groups is 1. The number of hydrogen-bond acceptors (Lipinski definition) is 4. The highest BCUT2D eigenvalue weighted by atomic mass is 32.1. The number of hydrogen-bond donors (Lipinski definition) is 2. The third-order valence-electron chi connectivity index (χ3n) is 2.14. The van der Waals surface area contributed by atoms with Crippen LogP contribution < -0.4 is 11.1 Å². The molecule has 1 atom stereocenters. The molecule has 5 heteroatoms. The van der Waals surface area contributed by atoms with E-state index in [1.165, 1.54) is 11.3 Å². The van der Waals surface area contributed by atoms with Gasteiger partial charge in [0, 0.05) is 11.1 Å². The lowest BCUT2D eigenvalue weighted by molar-refractivity contribution is -0.124. The van der Waals surface area contributed by atoms with Gasteiger partial charge in [-0.15, -0.1) is 11.3 Å². The zero-order chi connectivity index (χ0) is 11.5. The molecule has 1 amide bonds. The summed E-state index contributed by atoms with van der Waals surface area (Å²) in [5.41, 5.74) is 7.34. The van der Waals surface area contributed by atoms with Crippen molar-refractivity contribution in [3.05, 3.63) is 16.6 Å². The monoisotopic (exact) mass is 227 g/mol. The first kappa shape index (κ1) is 12.1. The van der Waals surface area contributed by atoms with Gasteiger partial charge >= 0.3 is 0 Å². The zero-order valence-electron chi connectivity index (χ0n) is 9.28. The Labute approximate surface area is 93.9 Å². The topological polar surface area (TPSA) is 68.0 Å². The van der Waals surface area contributed by atoms with Crippen molar-refractivity contribution in [2.75, 3.05) is 0 Å². The standard InChI is InChI=1S/C10H17N3OS/c1-10(2,3)8(11)9(14)13-5-7-4-12-6-15-7/h4,6,8H,5,11H2,1-3H3,(H,13,14). The number of nitrogens with zero attached hydrogens (tertiary/aromatic N) is 1. The maximum atomic E-state index is 11.6. The van der Waals surface area contributed by atoms with E-state index >= 15 is 0 Å². The molecule has 0 radical (unpaired) electrons. The highest BCUT2D eigenvalue weighted by Crippen LogP contribution is 2.17. The first-order valence-electron chi connectivity index (χ1n) is 4.82. The smallest absolute Gasteiger partial charge is 0.237 e. The second-order valence-corrected chi connectivity index (χ2v) is 5.50. The number of nitrogens with one attached hydrogen (secondary N) is 1. The van der Waals surface area contributed by atoms with Crippen LogP contribution in [0.5, 0.6) is 0 Å². The lowest BCUT2D eigenvalue weighted by Crippen LogP contribution is -2.48. The van der Waals surface area contributed by atoms with Crippen LogP contribution >= 0.6 is 11.3 Å². The van der Waals surface area contributed by atoms with Crippen LogP contribution in [-0.2, 0) is 11.3 Å². The third kappa shape index (κ3) is 3.60. The minimum Gasteiger partial charge on any atom is -0.350 e. The molecule has 0 saturated carbocycles. The molecule has 4 nitrogen and oxygen atoms in total. The van der Waals surface area contributed by atoms with Gasteiger partial charge in [-0.3, -0.25) is 9.78 Å². The Kier molecular flexibility index (Phi) is 3.82. The molecule has 1 unspecified atom stereocenters. The van der Waals surface area contributed by atoms with Gasteiger partial charge in [0.2, 0.25) is 5.91 Å². The number of aromatic nitrogens is 1. The average molecular weight is 227 g/mol. The molecular weight excluding hydrogens is 210 g/mol. The summed E-state index contributed by atoms with van der Waals surface area (Å²) in [5.74, 6) is -0.115. The Hall–Kier alpha value is -0.940. The van der Waals surface area contributed by atoms with Gasteiger partial charge in [-0.05, 0) is 5.41 Å². The average Bonchev–Trinajstić information content (AvgIpc) is 2.63. The minimum atomic E-state index is -0.481. The van der Waals surface area contributed by atoms with Gasteiger partial charge in [-0.2, -0.15) is 0 Å². The van der Waals surface area contributed by atoms with Crippen molar-refractivity contribution in [3.8, 4) is 0 Å². The number of thiazole rings is 1. The molecule has 0 aliphatic carbocycles. The highest BCUT2D eigenvalue weighted by Gasteiger charge is 2.27. The lowest BCUT2D eigenvalue weighted by atomic mass is 9.87. The summed E-state index contributed by atoms with van der Waals surface area (Å²) >= 11 is 1.52. The minimum absolute atomic E-state index is 0.115. The van der Waals surface area contributed by atoms with Crippen molar-refractivity contribution in [2.24, 2.45) is 11.1 Å². The third-order valence-corrected chi connectivity index (χ3v) is 2.92. The van der Waals surface area contributed by atoms with E-state index in [-0.39, 0.29) is 11.3 Å². The Balaban J connectivity index is 2.43. The van der Waals surface area contributed by atoms with Crippen molar-refractivity contribution in [2.45, 2.75) is 33.4 Å². The Morgan fingerprint density at radius 1 is 1.67 bits per heavy atom. The second-order valence-electron chi connectivity index (χ2n) is 4.53. The first-order valence-corrected chi connectivity index (χ1v) is 5.70. The fourth-order valence-corrected chi connectivity index (χ4v) is 1.54. The zero-order valence-corrected chi connectivity index (χ0v) is 10.1. The van der Waals surface area contributed by atoms with Crippen LogP contribution in [0.15, 0.2) is 11.7 Å². The van der Waals surface area contributed by atoms with E-state index in [1.54, 1.807) is 11.7 Å². The van der Waals surface area contributed by atoms with Crippen molar-refractivity contribution in [1.82, 2.24) is 10.3 Å². The molecule has 1 rings (SSSR count). The van der Waals surface area contributed by atoms with Gasteiger partial charge in [0.1, 0.15) is 0 Å². The summed E-state index contributed by atoms with van der Waals surface area (Å²) < 4.78 is 0. The molecule has 0 aromatic carbocycles. The fourth-order valence-electron chi connectivity index (χ4n) is 1.01. The van der Waals surface area contributed by atoms with Crippen LogP contribution in [0.25, 0.3) is 0 Å². The molecule has 1 aromatic heterocycles. The van der Waals surface area contributed by atoms with E-state index in [0.717, 1.165) is 4.88 Å². The molecule has 15 heavy (non-hydrogen) atoms. The Morgan fingerprint density at radius 3 is 2.80 bits per heavy atom. The van der Waals surface area contributed by atoms with E-state index in [9.17, 15) is 4.79 Å². The van der Waals surface area contributed by atoms with E-state index in [4.69, 9.17) is 5.73 Å². The van der Waals surface area contributed by atoms with Gasteiger partial charge in [0.05, 0.1) is 18.1 Å². The lowest BCUT2D eigenvalue weighted by Gasteiger charge is -2.25. The van der Waals surface area contributed by atoms with Crippen molar-refractivity contribution >= 4 is 17.2 Å². The Morgan fingerprint density at radius 2 is 2.33 bits per heavy atom. The number of nitrogens with two attached hydrogens (primary N) is 1. The molecule has 0 aliphatic heterocycles. The van der Waals surface area contributed by atoms with E-state index in [0.29, 0.717) is 6.54 Å². The maximum Gasteiger partial charge on any atom is 0.237 e. The van der Waals surface area contributed by atoms with E-state index in [2.05, 4.69) is 10.3 Å². The largest absolute Gasteiger partial charge is 0.350 e. The van der Waals surface area contributed by atoms with Crippen molar-refractivity contribution < 1.29 is 4.79 Å². The molecule has 0 bridgehead atoms. The second kappa shape index (κ2) is 4.72. The molecule has 0 saturated heterocycles. The summed E-state index contributed by atoms with van der Waals surface area (Å²) in [6, 6.07) is -0.481. The van der Waals surface area contributed by atoms with Gasteiger partial charge in [-0.1, -0.05) is 20.8 Å². The van der Waals surface area contributed by atoms with Gasteiger partial charge in [-0.25, -0.2) is 0 Å². The molecule has 1 aromatic rings. The number of carbonyl (C=O) groups excluding carboxylic acids is 1. The molecule has 84 valence electrons. The maximum absolute atomic E-state index is 11.6. The van der Waals surface area contributed by atoms with Gasteiger partial charge < -0.3 is 11.1 Å². The van der Waals surface area contributed by atoms with E-state index in [1.807, 2.05) is 20.8 Å². The highest BCUT2D eigenvalue weighted by molar-refractivity contribution is 7.09. The SMILES string of the molecule is CC(C)(C)C(N)C(=O)NCc1cncs1. The summed E-state index contributed by atoms with van der Waals surface area (Å²) in [6.45, 7) is 6.35. The van der Waals surface area contributed by atoms with Crippen LogP contribution in [0.2, 0.25) is 0 Å². The normalized spacial score (nSPS) is 13.6. The number of amides is 1. The molecule has 1 heterocycles. The van der Waals surface area contributed by atoms with Crippen LogP contribution in [0.3, 0.4) is 0 Å². The molecule has 0 aliphatic rings. The predicted octanol–water partition coefficient (Wildman–Crippen LogP) is 1.13. The quantitative estimate of drug-likeness (QED) is 0.813. The molecule has 3 N–H and O–H groups in total. The molecular formula is C10H17N3OS. The van der Waals surface area contributed by atoms with Crippen molar-refractivity contribution in [3.63, 3.8) is 0 Å². The summed E-state index contributed by atoms with van der Waals surface area (Å²) in [7, 11) is 0. The van der Waals surface area contributed by atoms with Crippen LogP contribution in [0, 0.1) is 5.41 Å². The number of rotatable bonds is 3. The van der Waals surface area contributed by atoms with Crippen molar-refractivity contribution in [1.29, 1.82) is 0 Å². The summed E-state index contributed by atoms with van der Waals surface area (Å²) in [6.07, 6.45) is 1.74. The first-order chi connectivity index (χ1) is 6.91. The molecule has 0 spiro atoms. The Bertz CT molecular complexity index is 316. The fraction of sp³-hybridized carbons (Fsp3) is 0.600. The predicted molar refractivity (Wildman–Crippen MR) is 61.4 cm³/mol. The van der Waals surface area contributed by atoms with Crippen LogP contribution in [-0.4, -0.2) is 16.9 Å². The van der Waals surface area contributed by atoms with E-state index < -0.39 is 6.04 Å². The van der Waals surface area contributed by atoms with Gasteiger partial charge in [0.15, 0.2) is 0 Å². The summed E-state index contributed by atoms with van der Waals surface area (Å²) in [4.78, 5) is 16.6. The molecule has 0 fully saturated rings. The van der Waals surface area contributed by atoms with Gasteiger partial charge in [0.25, 0.3) is 0 Å². The summed E-state index contributed by atoms with van der Waals surface area (Å²) in [5, 5.41) is 2.80. The van der Waals surface area contributed by atoms with Crippen LogP contribution in [0.4, 0.5) is 0 Å². The van der Waals surface area contributed by atoms with Crippen LogP contribution in [0.1, 0.15) is 25.6 Å².